The number of hydrogen-bond donors (Lipinski definition) is 1. The summed E-state index contributed by atoms with van der Waals surface area (Å²) >= 11 is 0. The smallest absolute Gasteiger partial charge is 0.326 e. The number of likely N-dealkylation sites (N-methyl/N-ethyl adjacent to an activating group) is 1. The van der Waals surface area contributed by atoms with Crippen LogP contribution in [-0.4, -0.2) is 48.7 Å². The van der Waals surface area contributed by atoms with Crippen LogP contribution in [-0.2, 0) is 14.3 Å². The van der Waals surface area contributed by atoms with Crippen LogP contribution in [0.1, 0.15) is 20.3 Å². The third kappa shape index (κ3) is 4.78. The van der Waals surface area contributed by atoms with Crippen LogP contribution in [0, 0.1) is 5.92 Å². The number of methoxy groups -OCH3 is 1. The molecule has 0 radical (unpaired) electrons. The van der Waals surface area contributed by atoms with Crippen molar-refractivity contribution in [3.05, 3.63) is 0 Å². The minimum absolute atomic E-state index is 0.103. The lowest BCUT2D eigenvalue weighted by Gasteiger charge is -2.22. The highest BCUT2D eigenvalue weighted by Gasteiger charge is 2.22. The third-order valence-electron chi connectivity index (χ3n) is 2.31. The molecule has 0 heterocycles. The summed E-state index contributed by atoms with van der Waals surface area (Å²) in [5.41, 5.74) is 0. The Morgan fingerprint density at radius 1 is 1.40 bits per heavy atom. The number of carboxylic acids is 1. The zero-order valence-electron chi connectivity index (χ0n) is 9.69. The van der Waals surface area contributed by atoms with Crippen molar-refractivity contribution in [3.63, 3.8) is 0 Å². The number of rotatable bonds is 6. The van der Waals surface area contributed by atoms with Crippen molar-refractivity contribution >= 4 is 11.9 Å². The Kier molecular flexibility index (Phi) is 5.93. The number of carbonyl (C=O) groups excluding carboxylic acids is 1. The van der Waals surface area contributed by atoms with Crippen LogP contribution in [0.4, 0.5) is 0 Å². The molecule has 0 aliphatic carbocycles. The van der Waals surface area contributed by atoms with E-state index in [4.69, 9.17) is 9.84 Å². The third-order valence-corrected chi connectivity index (χ3v) is 2.31. The van der Waals surface area contributed by atoms with Crippen molar-refractivity contribution in [1.82, 2.24) is 4.90 Å². The van der Waals surface area contributed by atoms with Gasteiger partial charge < -0.3 is 14.7 Å². The van der Waals surface area contributed by atoms with Crippen molar-refractivity contribution < 1.29 is 19.4 Å². The van der Waals surface area contributed by atoms with E-state index >= 15 is 0 Å². The maximum absolute atomic E-state index is 11.6. The highest BCUT2D eigenvalue weighted by atomic mass is 16.5. The van der Waals surface area contributed by atoms with Gasteiger partial charge in [0.05, 0.1) is 0 Å². The van der Waals surface area contributed by atoms with Gasteiger partial charge in [0.1, 0.15) is 6.04 Å². The normalized spacial score (nSPS) is 14.4. The standard InChI is InChI=1S/C10H19NO4/c1-7(6-15-4)5-9(12)11(3)8(2)10(13)14/h7-8H,5-6H2,1-4H3,(H,13,14). The summed E-state index contributed by atoms with van der Waals surface area (Å²) in [6, 6.07) is -0.785. The summed E-state index contributed by atoms with van der Waals surface area (Å²) in [6.07, 6.45) is 0.307. The highest BCUT2D eigenvalue weighted by Crippen LogP contribution is 2.07. The fraction of sp³-hybridized carbons (Fsp3) is 0.800. The fourth-order valence-electron chi connectivity index (χ4n) is 1.17. The summed E-state index contributed by atoms with van der Waals surface area (Å²) in [5.74, 6) is -1.06. The van der Waals surface area contributed by atoms with Crippen molar-refractivity contribution in [2.45, 2.75) is 26.3 Å². The first-order valence-electron chi connectivity index (χ1n) is 4.87. The predicted molar refractivity (Wildman–Crippen MR) is 55.5 cm³/mol. The van der Waals surface area contributed by atoms with E-state index in [9.17, 15) is 9.59 Å². The molecular weight excluding hydrogens is 198 g/mol. The van der Waals surface area contributed by atoms with E-state index in [1.807, 2.05) is 6.92 Å². The van der Waals surface area contributed by atoms with Gasteiger partial charge in [-0.15, -0.1) is 0 Å². The quantitative estimate of drug-likeness (QED) is 0.707. The van der Waals surface area contributed by atoms with Gasteiger partial charge in [0.25, 0.3) is 0 Å². The minimum atomic E-state index is -0.995. The Labute approximate surface area is 90.0 Å². The summed E-state index contributed by atoms with van der Waals surface area (Å²) in [4.78, 5) is 23.5. The zero-order chi connectivity index (χ0) is 12.0. The Balaban J connectivity index is 4.15. The minimum Gasteiger partial charge on any atom is -0.480 e. The molecule has 0 rings (SSSR count). The first kappa shape index (κ1) is 13.9. The maximum Gasteiger partial charge on any atom is 0.326 e. The van der Waals surface area contributed by atoms with Crippen molar-refractivity contribution in [3.8, 4) is 0 Å². The average molecular weight is 217 g/mol. The number of aliphatic carboxylic acids is 1. The lowest BCUT2D eigenvalue weighted by Crippen LogP contribution is -2.40. The molecule has 0 aliphatic rings. The highest BCUT2D eigenvalue weighted by molar-refractivity contribution is 5.83. The van der Waals surface area contributed by atoms with E-state index in [0.717, 1.165) is 0 Å². The first-order valence-corrected chi connectivity index (χ1v) is 4.87. The predicted octanol–water partition coefficient (Wildman–Crippen LogP) is 0.591. The SMILES string of the molecule is COCC(C)CC(=O)N(C)C(C)C(=O)O. The van der Waals surface area contributed by atoms with E-state index in [-0.39, 0.29) is 11.8 Å². The summed E-state index contributed by atoms with van der Waals surface area (Å²) in [6.45, 7) is 3.88. The molecule has 1 amide bonds. The van der Waals surface area contributed by atoms with Crippen LogP contribution < -0.4 is 0 Å². The molecule has 0 bridgehead atoms. The molecule has 5 heteroatoms. The van der Waals surface area contributed by atoms with Gasteiger partial charge in [0, 0.05) is 27.2 Å². The van der Waals surface area contributed by atoms with Crippen LogP contribution in [0.15, 0.2) is 0 Å². The van der Waals surface area contributed by atoms with Crippen LogP contribution in [0.2, 0.25) is 0 Å². The maximum atomic E-state index is 11.6. The van der Waals surface area contributed by atoms with Gasteiger partial charge in [0.2, 0.25) is 5.91 Å². The number of nitrogens with zero attached hydrogens (tertiary/aromatic N) is 1. The molecule has 15 heavy (non-hydrogen) atoms. The van der Waals surface area contributed by atoms with E-state index < -0.39 is 12.0 Å². The zero-order valence-corrected chi connectivity index (χ0v) is 9.69. The topological polar surface area (TPSA) is 66.8 Å². The molecule has 2 unspecified atom stereocenters. The second-order valence-corrected chi connectivity index (χ2v) is 3.78. The lowest BCUT2D eigenvalue weighted by molar-refractivity contribution is -0.148. The Morgan fingerprint density at radius 3 is 2.33 bits per heavy atom. The molecule has 0 spiro atoms. The van der Waals surface area contributed by atoms with Gasteiger partial charge in [-0.05, 0) is 12.8 Å². The fourth-order valence-corrected chi connectivity index (χ4v) is 1.17. The Bertz CT molecular complexity index is 229. The van der Waals surface area contributed by atoms with Crippen LogP contribution in [0.25, 0.3) is 0 Å². The van der Waals surface area contributed by atoms with Crippen LogP contribution in [0.3, 0.4) is 0 Å². The molecule has 1 N–H and O–H groups in total. The second-order valence-electron chi connectivity index (χ2n) is 3.78. The van der Waals surface area contributed by atoms with Gasteiger partial charge >= 0.3 is 5.97 Å². The molecule has 0 aromatic carbocycles. The molecule has 0 aromatic rings. The van der Waals surface area contributed by atoms with E-state index in [2.05, 4.69) is 0 Å². The molecule has 88 valence electrons. The molecule has 2 atom stereocenters. The van der Waals surface area contributed by atoms with Gasteiger partial charge in [0.15, 0.2) is 0 Å². The number of amides is 1. The van der Waals surface area contributed by atoms with Crippen molar-refractivity contribution in [2.75, 3.05) is 20.8 Å². The molecule has 0 aromatic heterocycles. The van der Waals surface area contributed by atoms with E-state index in [1.165, 1.54) is 18.9 Å². The largest absolute Gasteiger partial charge is 0.480 e. The monoisotopic (exact) mass is 217 g/mol. The average Bonchev–Trinajstić information content (AvgIpc) is 2.15. The molecular formula is C10H19NO4. The Hall–Kier alpha value is -1.10. The van der Waals surface area contributed by atoms with Gasteiger partial charge in [-0.1, -0.05) is 6.92 Å². The molecule has 0 saturated carbocycles. The van der Waals surface area contributed by atoms with Gasteiger partial charge in [-0.2, -0.15) is 0 Å². The van der Waals surface area contributed by atoms with Gasteiger partial charge in [-0.3, -0.25) is 4.79 Å². The molecule has 0 saturated heterocycles. The molecule has 5 nitrogen and oxygen atoms in total. The lowest BCUT2D eigenvalue weighted by atomic mass is 10.1. The first-order chi connectivity index (χ1) is 6.90. The number of ether oxygens (including phenoxy) is 1. The van der Waals surface area contributed by atoms with Crippen molar-refractivity contribution in [1.29, 1.82) is 0 Å². The second kappa shape index (κ2) is 6.40. The van der Waals surface area contributed by atoms with Crippen molar-refractivity contribution in [2.24, 2.45) is 5.92 Å². The summed E-state index contributed by atoms with van der Waals surface area (Å²) in [5, 5.41) is 8.72. The summed E-state index contributed by atoms with van der Waals surface area (Å²) in [7, 11) is 3.07. The van der Waals surface area contributed by atoms with Crippen LogP contribution in [0.5, 0.6) is 0 Å². The van der Waals surface area contributed by atoms with Crippen LogP contribution >= 0.6 is 0 Å². The molecule has 0 aliphatic heterocycles. The Morgan fingerprint density at radius 2 is 1.93 bits per heavy atom. The van der Waals surface area contributed by atoms with E-state index in [1.54, 1.807) is 7.11 Å². The van der Waals surface area contributed by atoms with Gasteiger partial charge in [-0.25, -0.2) is 4.79 Å². The number of carboxylic acid groups (broad SMARTS) is 1. The summed E-state index contributed by atoms with van der Waals surface area (Å²) < 4.78 is 4.91. The van der Waals surface area contributed by atoms with E-state index in [0.29, 0.717) is 13.0 Å². The molecule has 0 fully saturated rings. The number of hydrogen-bond acceptors (Lipinski definition) is 3. The number of carbonyl (C=O) groups is 2.